The minimum Gasteiger partial charge on any atom is -0.491 e. The maximum absolute atomic E-state index is 5.68. The van der Waals surface area contributed by atoms with Gasteiger partial charge in [-0.05, 0) is 56.0 Å². The molecule has 0 heterocycles. The summed E-state index contributed by atoms with van der Waals surface area (Å²) in [5, 5.41) is 3.67. The van der Waals surface area contributed by atoms with E-state index >= 15 is 0 Å². The zero-order valence-corrected chi connectivity index (χ0v) is 15.5. The summed E-state index contributed by atoms with van der Waals surface area (Å²) in [5.74, 6) is 0.905. The maximum Gasteiger partial charge on any atom is 0.119 e. The molecule has 2 aromatic carbocycles. The summed E-state index contributed by atoms with van der Waals surface area (Å²) in [7, 11) is 0. The van der Waals surface area contributed by atoms with Gasteiger partial charge in [0.2, 0.25) is 0 Å². The van der Waals surface area contributed by atoms with Crippen LogP contribution < -0.4 is 10.1 Å². The number of nitrogens with one attached hydrogen (secondary N) is 1. The van der Waals surface area contributed by atoms with Crippen LogP contribution in [-0.4, -0.2) is 26.4 Å². The minimum absolute atomic E-state index is 0.397. The number of rotatable bonds is 12. The van der Waals surface area contributed by atoms with Gasteiger partial charge in [0.05, 0.1) is 6.61 Å². The summed E-state index contributed by atoms with van der Waals surface area (Å²) in [5.41, 5.74) is 2.73. The molecule has 1 unspecified atom stereocenters. The first kappa shape index (κ1) is 19.5. The molecular weight excluding hydrogens is 310 g/mol. The van der Waals surface area contributed by atoms with E-state index < -0.39 is 0 Å². The summed E-state index contributed by atoms with van der Waals surface area (Å²) in [6.45, 7) is 7.21. The van der Waals surface area contributed by atoms with Gasteiger partial charge in [0.15, 0.2) is 0 Å². The van der Waals surface area contributed by atoms with Gasteiger partial charge in [-0.15, -0.1) is 0 Å². The first-order valence-corrected chi connectivity index (χ1v) is 9.41. The monoisotopic (exact) mass is 341 g/mol. The topological polar surface area (TPSA) is 30.5 Å². The van der Waals surface area contributed by atoms with Crippen LogP contribution in [0.5, 0.6) is 5.75 Å². The van der Waals surface area contributed by atoms with Crippen molar-refractivity contribution < 1.29 is 9.47 Å². The standard InChI is InChI=1S/C22H31NO2/c1-3-22(23-16-8-11-19-9-6-5-7-10-19)20-12-14-21(15-13-20)25-18-17-24-4-2/h5-7,9-10,12-15,22-23H,3-4,8,11,16-18H2,1-2H3. The second kappa shape index (κ2) is 11.7. The van der Waals surface area contributed by atoms with Crippen molar-refractivity contribution in [2.75, 3.05) is 26.4 Å². The second-order valence-corrected chi connectivity index (χ2v) is 6.12. The molecular formula is C22H31NO2. The van der Waals surface area contributed by atoms with Gasteiger partial charge in [-0.25, -0.2) is 0 Å². The van der Waals surface area contributed by atoms with Crippen molar-refractivity contribution in [3.63, 3.8) is 0 Å². The molecule has 3 heteroatoms. The Kier molecular flexibility index (Phi) is 9.09. The second-order valence-electron chi connectivity index (χ2n) is 6.12. The molecule has 0 aliphatic heterocycles. The minimum atomic E-state index is 0.397. The van der Waals surface area contributed by atoms with Crippen molar-refractivity contribution >= 4 is 0 Å². The highest BCUT2D eigenvalue weighted by molar-refractivity contribution is 5.29. The Bertz CT molecular complexity index is 568. The maximum atomic E-state index is 5.68. The van der Waals surface area contributed by atoms with E-state index in [-0.39, 0.29) is 0 Å². The van der Waals surface area contributed by atoms with E-state index in [1.165, 1.54) is 11.1 Å². The van der Waals surface area contributed by atoms with E-state index in [0.29, 0.717) is 19.3 Å². The molecule has 0 fully saturated rings. The number of hydrogen-bond acceptors (Lipinski definition) is 3. The lowest BCUT2D eigenvalue weighted by Gasteiger charge is -2.18. The first-order chi connectivity index (χ1) is 12.3. The summed E-state index contributed by atoms with van der Waals surface area (Å²) < 4.78 is 11.0. The molecule has 3 nitrogen and oxygen atoms in total. The number of ether oxygens (including phenoxy) is 2. The van der Waals surface area contributed by atoms with Gasteiger partial charge in [0.25, 0.3) is 0 Å². The van der Waals surface area contributed by atoms with Crippen molar-refractivity contribution in [1.29, 1.82) is 0 Å². The van der Waals surface area contributed by atoms with Gasteiger partial charge in [-0.3, -0.25) is 0 Å². The Morgan fingerprint density at radius 1 is 0.920 bits per heavy atom. The van der Waals surface area contributed by atoms with Gasteiger partial charge < -0.3 is 14.8 Å². The molecule has 2 aromatic rings. The fourth-order valence-electron chi connectivity index (χ4n) is 2.87. The van der Waals surface area contributed by atoms with Crippen LogP contribution in [0.25, 0.3) is 0 Å². The van der Waals surface area contributed by atoms with Crippen LogP contribution in [0.15, 0.2) is 54.6 Å². The Balaban J connectivity index is 1.73. The molecule has 0 spiro atoms. The fraction of sp³-hybridized carbons (Fsp3) is 0.455. The van der Waals surface area contributed by atoms with Gasteiger partial charge in [0, 0.05) is 12.6 Å². The van der Waals surface area contributed by atoms with E-state index in [1.807, 2.05) is 6.92 Å². The molecule has 0 aliphatic rings. The molecule has 0 saturated heterocycles. The highest BCUT2D eigenvalue weighted by atomic mass is 16.5. The van der Waals surface area contributed by atoms with Crippen LogP contribution in [0.4, 0.5) is 0 Å². The Morgan fingerprint density at radius 3 is 2.36 bits per heavy atom. The van der Waals surface area contributed by atoms with Gasteiger partial charge in [-0.1, -0.05) is 49.4 Å². The van der Waals surface area contributed by atoms with Crippen LogP contribution in [-0.2, 0) is 11.2 Å². The lowest BCUT2D eigenvalue weighted by Crippen LogP contribution is -2.22. The Hall–Kier alpha value is -1.84. The van der Waals surface area contributed by atoms with Crippen LogP contribution in [0.3, 0.4) is 0 Å². The van der Waals surface area contributed by atoms with Gasteiger partial charge in [-0.2, -0.15) is 0 Å². The van der Waals surface area contributed by atoms with Crippen molar-refractivity contribution in [3.8, 4) is 5.75 Å². The van der Waals surface area contributed by atoms with Crippen molar-refractivity contribution in [2.45, 2.75) is 39.2 Å². The first-order valence-electron chi connectivity index (χ1n) is 9.41. The van der Waals surface area contributed by atoms with E-state index in [0.717, 1.165) is 38.2 Å². The highest BCUT2D eigenvalue weighted by Gasteiger charge is 2.08. The molecule has 0 radical (unpaired) electrons. The smallest absolute Gasteiger partial charge is 0.119 e. The molecule has 136 valence electrons. The summed E-state index contributed by atoms with van der Waals surface area (Å²) in [4.78, 5) is 0. The fourth-order valence-corrected chi connectivity index (χ4v) is 2.87. The number of hydrogen-bond donors (Lipinski definition) is 1. The summed E-state index contributed by atoms with van der Waals surface area (Å²) in [6, 6.07) is 19.5. The SMILES string of the molecule is CCOCCOc1ccc(C(CC)NCCCc2ccccc2)cc1. The van der Waals surface area contributed by atoms with Crippen LogP contribution in [0.2, 0.25) is 0 Å². The molecule has 1 atom stereocenters. The predicted octanol–water partition coefficient (Wildman–Crippen LogP) is 4.78. The highest BCUT2D eigenvalue weighted by Crippen LogP contribution is 2.20. The zero-order valence-electron chi connectivity index (χ0n) is 15.5. The predicted molar refractivity (Wildman–Crippen MR) is 104 cm³/mol. The van der Waals surface area contributed by atoms with E-state index in [1.54, 1.807) is 0 Å². The van der Waals surface area contributed by atoms with Crippen molar-refractivity contribution in [2.24, 2.45) is 0 Å². The van der Waals surface area contributed by atoms with Crippen LogP contribution in [0, 0.1) is 0 Å². The van der Waals surface area contributed by atoms with Gasteiger partial charge >= 0.3 is 0 Å². The third kappa shape index (κ3) is 7.29. The quantitative estimate of drug-likeness (QED) is 0.564. The van der Waals surface area contributed by atoms with E-state index in [4.69, 9.17) is 9.47 Å². The van der Waals surface area contributed by atoms with Crippen molar-refractivity contribution in [3.05, 3.63) is 65.7 Å². The largest absolute Gasteiger partial charge is 0.491 e. The molecule has 0 bridgehead atoms. The van der Waals surface area contributed by atoms with Crippen LogP contribution in [0.1, 0.15) is 43.9 Å². The molecule has 0 aromatic heterocycles. The third-order valence-corrected chi connectivity index (χ3v) is 4.27. The average Bonchev–Trinajstić information content (AvgIpc) is 2.67. The summed E-state index contributed by atoms with van der Waals surface area (Å²) >= 11 is 0. The molecule has 0 saturated carbocycles. The lowest BCUT2D eigenvalue weighted by molar-refractivity contribution is 0.110. The van der Waals surface area contributed by atoms with Crippen molar-refractivity contribution in [1.82, 2.24) is 5.32 Å². The molecule has 0 aliphatic carbocycles. The molecule has 2 rings (SSSR count). The molecule has 25 heavy (non-hydrogen) atoms. The molecule has 1 N–H and O–H groups in total. The average molecular weight is 341 g/mol. The lowest BCUT2D eigenvalue weighted by atomic mass is 10.0. The molecule has 0 amide bonds. The van der Waals surface area contributed by atoms with E-state index in [9.17, 15) is 0 Å². The van der Waals surface area contributed by atoms with Gasteiger partial charge in [0.1, 0.15) is 12.4 Å². The Labute approximate surface area is 152 Å². The number of aryl methyl sites for hydroxylation is 1. The van der Waals surface area contributed by atoms with Crippen LogP contribution >= 0.6 is 0 Å². The Morgan fingerprint density at radius 2 is 1.68 bits per heavy atom. The number of benzene rings is 2. The zero-order chi connectivity index (χ0) is 17.7. The third-order valence-electron chi connectivity index (χ3n) is 4.27. The summed E-state index contributed by atoms with van der Waals surface area (Å²) in [6.07, 6.45) is 3.35. The van der Waals surface area contributed by atoms with E-state index in [2.05, 4.69) is 66.8 Å². The normalized spacial score (nSPS) is 12.1.